The van der Waals surface area contributed by atoms with Gasteiger partial charge < -0.3 is 5.32 Å². The van der Waals surface area contributed by atoms with Crippen molar-refractivity contribution in [3.05, 3.63) is 36.7 Å². The summed E-state index contributed by atoms with van der Waals surface area (Å²) in [5.74, 6) is -1.05. The Labute approximate surface area is 128 Å². The number of anilines is 1. The van der Waals surface area contributed by atoms with E-state index in [4.69, 9.17) is 0 Å². The predicted molar refractivity (Wildman–Crippen MR) is 76.1 cm³/mol. The van der Waals surface area contributed by atoms with E-state index in [1.165, 1.54) is 10.9 Å². The van der Waals surface area contributed by atoms with Crippen molar-refractivity contribution in [2.24, 2.45) is 0 Å². The smallest absolute Gasteiger partial charge is 0.365 e. The van der Waals surface area contributed by atoms with Gasteiger partial charge in [-0.05, 0) is 25.0 Å². The molecule has 118 valence electrons. The number of rotatable bonds is 3. The third kappa shape index (κ3) is 2.58. The summed E-state index contributed by atoms with van der Waals surface area (Å²) >= 11 is 0. The Bertz CT molecular complexity index is 854. The molecule has 23 heavy (non-hydrogen) atoms. The number of imidazole rings is 1. The van der Waals surface area contributed by atoms with Crippen molar-refractivity contribution in [2.45, 2.75) is 25.1 Å². The van der Waals surface area contributed by atoms with Gasteiger partial charge >= 0.3 is 6.18 Å². The van der Waals surface area contributed by atoms with Crippen LogP contribution in [0.25, 0.3) is 16.9 Å². The van der Waals surface area contributed by atoms with Gasteiger partial charge in [0.2, 0.25) is 5.82 Å². The van der Waals surface area contributed by atoms with Crippen LogP contribution >= 0.6 is 0 Å². The van der Waals surface area contributed by atoms with E-state index in [9.17, 15) is 13.2 Å². The maximum Gasteiger partial charge on any atom is 0.451 e. The molecule has 0 unspecified atom stereocenters. The van der Waals surface area contributed by atoms with E-state index in [0.29, 0.717) is 11.2 Å². The van der Waals surface area contributed by atoms with Gasteiger partial charge in [-0.3, -0.25) is 9.55 Å². The molecule has 3 aromatic rings. The number of hydrogen-bond donors (Lipinski definition) is 1. The summed E-state index contributed by atoms with van der Waals surface area (Å²) in [6.45, 7) is 0. The van der Waals surface area contributed by atoms with Crippen molar-refractivity contribution in [3.63, 3.8) is 0 Å². The zero-order valence-corrected chi connectivity index (χ0v) is 11.7. The minimum absolute atomic E-state index is 0.113. The average molecular weight is 320 g/mol. The van der Waals surface area contributed by atoms with Gasteiger partial charge in [0.15, 0.2) is 17.0 Å². The highest BCUT2D eigenvalue weighted by Gasteiger charge is 2.37. The first-order chi connectivity index (χ1) is 11.0. The lowest BCUT2D eigenvalue weighted by Crippen LogP contribution is -2.15. The molecule has 1 N–H and O–H groups in total. The Kier molecular flexibility index (Phi) is 2.97. The highest BCUT2D eigenvalue weighted by molar-refractivity contribution is 5.84. The van der Waals surface area contributed by atoms with Gasteiger partial charge in [0.05, 0.1) is 5.69 Å². The third-order valence-corrected chi connectivity index (χ3v) is 3.51. The molecule has 1 fully saturated rings. The van der Waals surface area contributed by atoms with E-state index >= 15 is 0 Å². The first-order valence-electron chi connectivity index (χ1n) is 7.01. The van der Waals surface area contributed by atoms with Crippen molar-refractivity contribution in [1.82, 2.24) is 24.5 Å². The Hall–Kier alpha value is -2.71. The largest absolute Gasteiger partial charge is 0.451 e. The second-order valence-electron chi connectivity index (χ2n) is 5.30. The molecule has 6 nitrogen and oxygen atoms in total. The maximum absolute atomic E-state index is 13.1. The fourth-order valence-corrected chi connectivity index (χ4v) is 2.24. The zero-order chi connectivity index (χ0) is 16.0. The first kappa shape index (κ1) is 13.9. The molecule has 4 rings (SSSR count). The van der Waals surface area contributed by atoms with Gasteiger partial charge in [-0.15, -0.1) is 0 Å². The van der Waals surface area contributed by atoms with Gasteiger partial charge in [0.1, 0.15) is 6.33 Å². The lowest BCUT2D eigenvalue weighted by Gasteiger charge is -2.10. The molecule has 0 amide bonds. The maximum atomic E-state index is 13.1. The number of nitrogens with one attached hydrogen (secondary N) is 1. The monoisotopic (exact) mass is 320 g/mol. The summed E-state index contributed by atoms with van der Waals surface area (Å²) in [7, 11) is 0. The molecular formula is C14H11F3N6. The first-order valence-corrected chi connectivity index (χ1v) is 7.01. The summed E-state index contributed by atoms with van der Waals surface area (Å²) in [4.78, 5) is 15.4. The highest BCUT2D eigenvalue weighted by atomic mass is 19.4. The molecule has 3 heterocycles. The summed E-state index contributed by atoms with van der Waals surface area (Å²) in [6, 6.07) is 3.50. The van der Waals surface area contributed by atoms with E-state index < -0.39 is 12.0 Å². The number of halogens is 3. The number of nitrogens with zero attached hydrogens (tertiary/aromatic N) is 5. The number of fused-ring (bicyclic) bond motifs is 1. The van der Waals surface area contributed by atoms with Crippen LogP contribution in [-0.4, -0.2) is 30.5 Å². The summed E-state index contributed by atoms with van der Waals surface area (Å²) in [5.41, 5.74) is 1.06. The molecule has 0 atom stereocenters. The number of alkyl halides is 3. The minimum atomic E-state index is -4.62. The topological polar surface area (TPSA) is 68.5 Å². The highest BCUT2D eigenvalue weighted by Crippen LogP contribution is 2.32. The molecule has 0 saturated heterocycles. The second-order valence-corrected chi connectivity index (χ2v) is 5.30. The van der Waals surface area contributed by atoms with Crippen molar-refractivity contribution in [1.29, 1.82) is 0 Å². The molecule has 0 bridgehead atoms. The summed E-state index contributed by atoms with van der Waals surface area (Å²) < 4.78 is 40.8. The quantitative estimate of drug-likeness (QED) is 0.804. The van der Waals surface area contributed by atoms with Gasteiger partial charge in [-0.1, -0.05) is 0 Å². The molecule has 0 radical (unpaired) electrons. The molecule has 0 spiro atoms. The Balaban J connectivity index is 1.93. The van der Waals surface area contributed by atoms with Gasteiger partial charge in [-0.2, -0.15) is 13.2 Å². The third-order valence-electron chi connectivity index (χ3n) is 3.51. The minimum Gasteiger partial charge on any atom is -0.365 e. The van der Waals surface area contributed by atoms with Crippen LogP contribution < -0.4 is 5.32 Å². The van der Waals surface area contributed by atoms with Crippen LogP contribution in [-0.2, 0) is 6.18 Å². The van der Waals surface area contributed by atoms with Crippen molar-refractivity contribution < 1.29 is 13.2 Å². The van der Waals surface area contributed by atoms with E-state index in [1.807, 2.05) is 0 Å². The van der Waals surface area contributed by atoms with E-state index in [1.54, 1.807) is 24.5 Å². The molecule has 1 aliphatic rings. The van der Waals surface area contributed by atoms with E-state index in [2.05, 4.69) is 25.3 Å². The van der Waals surface area contributed by atoms with Crippen molar-refractivity contribution >= 4 is 17.0 Å². The number of pyridine rings is 1. The van der Waals surface area contributed by atoms with Gasteiger partial charge in [0.25, 0.3) is 0 Å². The normalized spacial score (nSPS) is 15.1. The number of hydrogen-bond acceptors (Lipinski definition) is 5. The Morgan fingerprint density at radius 2 is 1.87 bits per heavy atom. The molecule has 1 saturated carbocycles. The van der Waals surface area contributed by atoms with Crippen LogP contribution in [0.3, 0.4) is 0 Å². The van der Waals surface area contributed by atoms with Crippen LogP contribution in [0.1, 0.15) is 18.7 Å². The molecule has 1 aliphatic carbocycles. The van der Waals surface area contributed by atoms with Crippen LogP contribution in [0.4, 0.5) is 19.0 Å². The standard InChI is InChI=1S/C14H11F3N6/c15-14(16,17)13-21-11(20-8-1-2-8)10-12(22-13)23(7-19-10)9-3-5-18-6-4-9/h3-8H,1-2H2,(H,20,21,22). The summed E-state index contributed by atoms with van der Waals surface area (Å²) in [6.07, 6.45) is 1.75. The molecule has 3 aromatic heterocycles. The Morgan fingerprint density at radius 3 is 2.52 bits per heavy atom. The van der Waals surface area contributed by atoms with Gasteiger partial charge in [-0.25, -0.2) is 15.0 Å². The lowest BCUT2D eigenvalue weighted by molar-refractivity contribution is -0.144. The van der Waals surface area contributed by atoms with E-state index in [0.717, 1.165) is 12.8 Å². The molecule has 0 aromatic carbocycles. The second kappa shape index (κ2) is 4.90. The van der Waals surface area contributed by atoms with Gasteiger partial charge in [0, 0.05) is 18.4 Å². The fraction of sp³-hybridized carbons (Fsp3) is 0.286. The zero-order valence-electron chi connectivity index (χ0n) is 11.7. The fourth-order valence-electron chi connectivity index (χ4n) is 2.24. The summed E-state index contributed by atoms with van der Waals surface area (Å²) in [5, 5.41) is 3.00. The van der Waals surface area contributed by atoms with Crippen molar-refractivity contribution in [3.8, 4) is 5.69 Å². The van der Waals surface area contributed by atoms with Crippen LogP contribution in [0.15, 0.2) is 30.9 Å². The predicted octanol–water partition coefficient (Wildman–Crippen LogP) is 2.80. The molecular weight excluding hydrogens is 309 g/mol. The molecule has 9 heteroatoms. The lowest BCUT2D eigenvalue weighted by atomic mass is 10.4. The van der Waals surface area contributed by atoms with E-state index in [-0.39, 0.29) is 17.5 Å². The molecule has 0 aliphatic heterocycles. The number of aromatic nitrogens is 5. The van der Waals surface area contributed by atoms with Crippen LogP contribution in [0.5, 0.6) is 0 Å². The Morgan fingerprint density at radius 1 is 1.13 bits per heavy atom. The SMILES string of the molecule is FC(F)(F)c1nc(NC2CC2)c2ncn(-c3ccncc3)c2n1. The average Bonchev–Trinajstić information content (AvgIpc) is 3.23. The van der Waals surface area contributed by atoms with Crippen LogP contribution in [0, 0.1) is 0 Å². The van der Waals surface area contributed by atoms with Crippen LogP contribution in [0.2, 0.25) is 0 Å². The van der Waals surface area contributed by atoms with Crippen molar-refractivity contribution in [2.75, 3.05) is 5.32 Å².